The van der Waals surface area contributed by atoms with Crippen molar-refractivity contribution in [3.8, 4) is 0 Å². The molecule has 0 N–H and O–H groups in total. The second kappa shape index (κ2) is 4.99. The predicted octanol–water partition coefficient (Wildman–Crippen LogP) is 3.89. The summed E-state index contributed by atoms with van der Waals surface area (Å²) in [5.41, 5.74) is 1.02. The highest BCUT2D eigenvalue weighted by atomic mass is 19.1. The van der Waals surface area contributed by atoms with Crippen LogP contribution in [0.2, 0.25) is 0 Å². The van der Waals surface area contributed by atoms with E-state index in [1.54, 1.807) is 6.08 Å². The van der Waals surface area contributed by atoms with Crippen molar-refractivity contribution in [3.63, 3.8) is 0 Å². The van der Waals surface area contributed by atoms with Gasteiger partial charge in [-0.3, -0.25) is 0 Å². The van der Waals surface area contributed by atoms with Crippen LogP contribution < -0.4 is 0 Å². The molecule has 0 aliphatic heterocycles. The molecule has 0 heterocycles. The van der Waals surface area contributed by atoms with E-state index in [1.165, 1.54) is 0 Å². The molecule has 1 nitrogen and oxygen atoms in total. The molecule has 0 aromatic carbocycles. The lowest BCUT2D eigenvalue weighted by Gasteiger charge is -2.13. The summed E-state index contributed by atoms with van der Waals surface area (Å²) in [5.74, 6) is 0.209. The van der Waals surface area contributed by atoms with E-state index in [9.17, 15) is 4.39 Å². The second-order valence-electron chi connectivity index (χ2n) is 3.60. The fourth-order valence-corrected chi connectivity index (χ4v) is 1.18. The van der Waals surface area contributed by atoms with E-state index in [2.05, 4.69) is 0 Å². The first-order chi connectivity index (χ1) is 6.63. The Labute approximate surface area is 85.0 Å². The van der Waals surface area contributed by atoms with Gasteiger partial charge >= 0.3 is 0 Å². The van der Waals surface area contributed by atoms with Gasteiger partial charge in [-0.05, 0) is 31.9 Å². The van der Waals surface area contributed by atoms with Crippen LogP contribution in [0.3, 0.4) is 0 Å². The summed E-state index contributed by atoms with van der Waals surface area (Å²) in [6, 6.07) is 0. The average molecular weight is 196 g/mol. The van der Waals surface area contributed by atoms with Crippen LogP contribution in [0.1, 0.15) is 33.6 Å². The van der Waals surface area contributed by atoms with Crippen LogP contribution in [0.15, 0.2) is 35.4 Å². The van der Waals surface area contributed by atoms with E-state index in [0.717, 1.165) is 12.0 Å². The zero-order chi connectivity index (χ0) is 10.6. The third-order valence-electron chi connectivity index (χ3n) is 2.21. The molecule has 78 valence electrons. The summed E-state index contributed by atoms with van der Waals surface area (Å²) in [7, 11) is 0. The van der Waals surface area contributed by atoms with Crippen LogP contribution in [0.5, 0.6) is 0 Å². The third kappa shape index (κ3) is 3.02. The molecule has 2 heteroatoms. The van der Waals surface area contributed by atoms with Gasteiger partial charge in [-0.1, -0.05) is 19.1 Å². The van der Waals surface area contributed by atoms with Gasteiger partial charge in [-0.2, -0.15) is 0 Å². The highest BCUT2D eigenvalue weighted by molar-refractivity contribution is 5.31. The van der Waals surface area contributed by atoms with Crippen molar-refractivity contribution in [1.82, 2.24) is 0 Å². The van der Waals surface area contributed by atoms with Crippen LogP contribution in [0, 0.1) is 0 Å². The van der Waals surface area contributed by atoms with Crippen molar-refractivity contribution >= 4 is 0 Å². The topological polar surface area (TPSA) is 9.23 Å². The SMILES string of the molecule is CCC(C)OC1=C(F)CC=CC(C)=C1. The van der Waals surface area contributed by atoms with Gasteiger partial charge in [0.25, 0.3) is 0 Å². The first-order valence-electron chi connectivity index (χ1n) is 5.03. The van der Waals surface area contributed by atoms with Crippen molar-refractivity contribution in [1.29, 1.82) is 0 Å². The molecule has 0 bridgehead atoms. The maximum Gasteiger partial charge on any atom is 0.151 e. The van der Waals surface area contributed by atoms with Gasteiger partial charge < -0.3 is 4.74 Å². The number of hydrogen-bond acceptors (Lipinski definition) is 1. The maximum atomic E-state index is 13.4. The van der Waals surface area contributed by atoms with E-state index in [1.807, 2.05) is 32.9 Å². The second-order valence-corrected chi connectivity index (χ2v) is 3.60. The quantitative estimate of drug-likeness (QED) is 0.665. The van der Waals surface area contributed by atoms with Crippen LogP contribution in [-0.4, -0.2) is 6.10 Å². The van der Waals surface area contributed by atoms with Gasteiger partial charge in [0, 0.05) is 6.42 Å². The Morgan fingerprint density at radius 2 is 2.29 bits per heavy atom. The van der Waals surface area contributed by atoms with Crippen molar-refractivity contribution < 1.29 is 9.13 Å². The molecule has 0 spiro atoms. The first kappa shape index (κ1) is 11.0. The van der Waals surface area contributed by atoms with Gasteiger partial charge in [0.15, 0.2) is 5.76 Å². The van der Waals surface area contributed by atoms with Crippen LogP contribution >= 0.6 is 0 Å². The van der Waals surface area contributed by atoms with Gasteiger partial charge in [0.05, 0.1) is 6.10 Å². The summed E-state index contributed by atoms with van der Waals surface area (Å²) >= 11 is 0. The fourth-order valence-electron chi connectivity index (χ4n) is 1.18. The van der Waals surface area contributed by atoms with Crippen molar-refractivity contribution in [2.45, 2.75) is 39.7 Å². The van der Waals surface area contributed by atoms with E-state index in [-0.39, 0.29) is 11.9 Å². The average Bonchev–Trinajstić information content (AvgIpc) is 2.29. The molecule has 14 heavy (non-hydrogen) atoms. The Kier molecular flexibility index (Phi) is 3.93. The Morgan fingerprint density at radius 3 is 2.93 bits per heavy atom. The normalized spacial score (nSPS) is 19.0. The smallest absolute Gasteiger partial charge is 0.151 e. The van der Waals surface area contributed by atoms with E-state index < -0.39 is 0 Å². The minimum Gasteiger partial charge on any atom is -0.488 e. The molecule has 0 saturated carbocycles. The van der Waals surface area contributed by atoms with Crippen LogP contribution in [-0.2, 0) is 4.74 Å². The molecule has 1 aliphatic carbocycles. The Balaban J connectivity index is 2.79. The molecule has 0 aromatic heterocycles. The zero-order valence-electron chi connectivity index (χ0n) is 9.01. The van der Waals surface area contributed by atoms with E-state index in [0.29, 0.717) is 12.2 Å². The predicted molar refractivity (Wildman–Crippen MR) is 56.5 cm³/mol. The summed E-state index contributed by atoms with van der Waals surface area (Å²) in [5, 5.41) is 0. The molecule has 0 saturated heterocycles. The van der Waals surface area contributed by atoms with Crippen molar-refractivity contribution in [2.24, 2.45) is 0 Å². The summed E-state index contributed by atoms with van der Waals surface area (Å²) in [6.07, 6.45) is 6.76. The lowest BCUT2D eigenvalue weighted by atomic mass is 10.2. The highest BCUT2D eigenvalue weighted by Gasteiger charge is 2.10. The number of halogens is 1. The molecule has 0 aromatic rings. The molecular weight excluding hydrogens is 179 g/mol. The highest BCUT2D eigenvalue weighted by Crippen LogP contribution is 2.21. The molecular formula is C12H17FO. The summed E-state index contributed by atoms with van der Waals surface area (Å²) in [4.78, 5) is 0. The molecule has 1 rings (SSSR count). The fraction of sp³-hybridized carbons (Fsp3) is 0.500. The number of ether oxygens (including phenoxy) is 1. The lowest BCUT2D eigenvalue weighted by Crippen LogP contribution is -2.06. The van der Waals surface area contributed by atoms with Gasteiger partial charge in [0.2, 0.25) is 0 Å². The summed E-state index contributed by atoms with van der Waals surface area (Å²) < 4.78 is 18.9. The standard InChI is InChI=1S/C12H17FO/c1-4-10(3)14-12-8-9(2)6-5-7-11(12)13/h5-6,8,10H,4,7H2,1-3H3. The largest absolute Gasteiger partial charge is 0.488 e. The Bertz CT molecular complexity index is 287. The molecule has 1 atom stereocenters. The molecule has 0 radical (unpaired) electrons. The summed E-state index contributed by atoms with van der Waals surface area (Å²) in [6.45, 7) is 5.91. The Hall–Kier alpha value is -1.05. The number of hydrogen-bond donors (Lipinski definition) is 0. The van der Waals surface area contributed by atoms with Crippen LogP contribution in [0.25, 0.3) is 0 Å². The molecule has 1 unspecified atom stereocenters. The zero-order valence-corrected chi connectivity index (χ0v) is 9.01. The number of rotatable bonds is 3. The first-order valence-corrected chi connectivity index (χ1v) is 5.03. The van der Waals surface area contributed by atoms with E-state index >= 15 is 0 Å². The van der Waals surface area contributed by atoms with Crippen LogP contribution in [0.4, 0.5) is 4.39 Å². The van der Waals surface area contributed by atoms with E-state index in [4.69, 9.17) is 4.74 Å². The van der Waals surface area contributed by atoms with Crippen molar-refractivity contribution in [3.05, 3.63) is 35.4 Å². The molecule has 0 fully saturated rings. The Morgan fingerprint density at radius 1 is 1.57 bits per heavy atom. The monoisotopic (exact) mass is 196 g/mol. The molecule has 0 amide bonds. The van der Waals surface area contributed by atoms with Crippen molar-refractivity contribution in [2.75, 3.05) is 0 Å². The molecule has 1 aliphatic rings. The van der Waals surface area contributed by atoms with Gasteiger partial charge in [-0.15, -0.1) is 0 Å². The van der Waals surface area contributed by atoms with Gasteiger partial charge in [-0.25, -0.2) is 4.39 Å². The minimum atomic E-state index is -0.182. The minimum absolute atomic E-state index is 0.0675. The number of allylic oxidation sites excluding steroid dienone is 5. The lowest BCUT2D eigenvalue weighted by molar-refractivity contribution is 0.130. The van der Waals surface area contributed by atoms with Gasteiger partial charge in [0.1, 0.15) is 5.83 Å². The third-order valence-corrected chi connectivity index (χ3v) is 2.21. The maximum absolute atomic E-state index is 13.4.